The summed E-state index contributed by atoms with van der Waals surface area (Å²) >= 11 is 0. The molecule has 194 valence electrons. The van der Waals surface area contributed by atoms with Crippen molar-refractivity contribution in [1.29, 1.82) is 0 Å². The number of esters is 1. The van der Waals surface area contributed by atoms with Crippen molar-refractivity contribution in [2.24, 2.45) is 17.3 Å². The maximum absolute atomic E-state index is 11.9. The third-order valence-electron chi connectivity index (χ3n) is 7.27. The first kappa shape index (κ1) is 28.5. The molecule has 6 heteroatoms. The summed E-state index contributed by atoms with van der Waals surface area (Å²) < 4.78 is 22.7. The molecule has 0 spiro atoms. The summed E-state index contributed by atoms with van der Waals surface area (Å²) in [5.41, 5.74) is -0.549. The Morgan fingerprint density at radius 3 is 1.64 bits per heavy atom. The van der Waals surface area contributed by atoms with Gasteiger partial charge in [-0.2, -0.15) is 0 Å². The largest absolute Gasteiger partial charge is 0.458 e. The van der Waals surface area contributed by atoms with Gasteiger partial charge in [0.1, 0.15) is 12.2 Å². The van der Waals surface area contributed by atoms with Gasteiger partial charge in [-0.3, -0.25) is 0 Å². The van der Waals surface area contributed by atoms with Crippen LogP contribution in [0.1, 0.15) is 107 Å². The second-order valence-electron chi connectivity index (χ2n) is 12.7. The van der Waals surface area contributed by atoms with Gasteiger partial charge in [-0.25, -0.2) is 4.79 Å². The summed E-state index contributed by atoms with van der Waals surface area (Å²) in [7, 11) is 0. The van der Waals surface area contributed by atoms with Crippen molar-refractivity contribution in [2.45, 2.75) is 136 Å². The SMILES string of the molecule is CC(C)(C)OC(=O)COC1CCC(C(C)(C)C2CCC(OCC(O)OC(C)(C)C)CC2)CC1. The van der Waals surface area contributed by atoms with Crippen LogP contribution in [0.2, 0.25) is 0 Å². The van der Waals surface area contributed by atoms with Gasteiger partial charge < -0.3 is 24.1 Å². The molecule has 0 aromatic rings. The van der Waals surface area contributed by atoms with Gasteiger partial charge in [0, 0.05) is 0 Å². The topological polar surface area (TPSA) is 74.2 Å². The van der Waals surface area contributed by atoms with E-state index in [1.54, 1.807) is 0 Å². The predicted octanol–water partition coefficient (Wildman–Crippen LogP) is 5.64. The van der Waals surface area contributed by atoms with Crippen LogP contribution >= 0.6 is 0 Å². The average molecular weight is 471 g/mol. The lowest BCUT2D eigenvalue weighted by atomic mass is 9.60. The van der Waals surface area contributed by atoms with E-state index in [-0.39, 0.29) is 42.4 Å². The normalized spacial score (nSPS) is 28.4. The van der Waals surface area contributed by atoms with Crippen LogP contribution in [0.3, 0.4) is 0 Å². The van der Waals surface area contributed by atoms with Gasteiger partial charge in [0.2, 0.25) is 0 Å². The van der Waals surface area contributed by atoms with Crippen molar-refractivity contribution >= 4 is 5.97 Å². The average Bonchev–Trinajstić information content (AvgIpc) is 2.69. The monoisotopic (exact) mass is 470 g/mol. The number of carbonyl (C=O) groups is 1. The lowest BCUT2D eigenvalue weighted by molar-refractivity contribution is -0.199. The number of hydrogen-bond acceptors (Lipinski definition) is 6. The van der Waals surface area contributed by atoms with Crippen molar-refractivity contribution in [1.82, 2.24) is 0 Å². The Hall–Kier alpha value is -0.690. The van der Waals surface area contributed by atoms with Gasteiger partial charge in [0.05, 0.1) is 24.4 Å². The second kappa shape index (κ2) is 11.8. The Labute approximate surface area is 202 Å². The zero-order valence-corrected chi connectivity index (χ0v) is 22.4. The smallest absolute Gasteiger partial charge is 0.332 e. The van der Waals surface area contributed by atoms with E-state index in [4.69, 9.17) is 18.9 Å². The van der Waals surface area contributed by atoms with Crippen molar-refractivity contribution < 1.29 is 28.8 Å². The van der Waals surface area contributed by atoms with Crippen molar-refractivity contribution in [3.05, 3.63) is 0 Å². The van der Waals surface area contributed by atoms with Gasteiger partial charge in [0.25, 0.3) is 0 Å². The van der Waals surface area contributed by atoms with Gasteiger partial charge in [-0.05, 0) is 110 Å². The van der Waals surface area contributed by atoms with Crippen LogP contribution in [0.15, 0.2) is 0 Å². The maximum Gasteiger partial charge on any atom is 0.332 e. The van der Waals surface area contributed by atoms with Crippen LogP contribution in [0.5, 0.6) is 0 Å². The molecule has 2 aliphatic rings. The number of ether oxygens (including phenoxy) is 4. The first-order chi connectivity index (χ1) is 15.2. The fraction of sp³-hybridized carbons (Fsp3) is 0.963. The summed E-state index contributed by atoms with van der Waals surface area (Å²) in [6.45, 7) is 16.6. The molecule has 6 nitrogen and oxygen atoms in total. The van der Waals surface area contributed by atoms with Crippen LogP contribution in [0.4, 0.5) is 0 Å². The van der Waals surface area contributed by atoms with Gasteiger partial charge in [0.15, 0.2) is 6.29 Å². The van der Waals surface area contributed by atoms with Gasteiger partial charge >= 0.3 is 5.97 Å². The van der Waals surface area contributed by atoms with Crippen LogP contribution in [-0.4, -0.2) is 54.0 Å². The van der Waals surface area contributed by atoms with E-state index in [0.717, 1.165) is 38.5 Å². The van der Waals surface area contributed by atoms with E-state index in [9.17, 15) is 9.90 Å². The standard InChI is InChI=1S/C27H50O6/c1-25(2,3)32-23(28)17-30-21-13-9-19(10-14-21)27(7,8)20-11-15-22(16-12-20)31-18-24(29)33-26(4,5)6/h19-23,28H,9-18H2,1-8H3. The van der Waals surface area contributed by atoms with Crippen molar-refractivity contribution in [3.8, 4) is 0 Å². The van der Waals surface area contributed by atoms with E-state index in [1.165, 1.54) is 12.8 Å². The number of carbonyl (C=O) groups excluding carboxylic acids is 1. The number of rotatable bonds is 9. The molecule has 2 saturated carbocycles. The second-order valence-corrected chi connectivity index (χ2v) is 12.7. The van der Waals surface area contributed by atoms with Crippen LogP contribution < -0.4 is 0 Å². The van der Waals surface area contributed by atoms with Crippen LogP contribution in [-0.2, 0) is 23.7 Å². The minimum atomic E-state index is -0.869. The number of aliphatic hydroxyl groups excluding tert-OH is 1. The molecule has 1 unspecified atom stereocenters. The molecule has 0 bridgehead atoms. The zero-order chi connectivity index (χ0) is 24.9. The van der Waals surface area contributed by atoms with E-state index in [2.05, 4.69) is 13.8 Å². The Balaban J connectivity index is 1.70. The molecular formula is C27H50O6. The number of aliphatic hydroxyl groups is 1. The highest BCUT2D eigenvalue weighted by Crippen LogP contribution is 2.48. The fourth-order valence-electron chi connectivity index (χ4n) is 5.50. The molecule has 2 fully saturated rings. The zero-order valence-electron chi connectivity index (χ0n) is 22.4. The molecule has 0 heterocycles. The molecular weight excluding hydrogens is 420 g/mol. The molecule has 0 aromatic heterocycles. The highest BCUT2D eigenvalue weighted by atomic mass is 16.6. The summed E-state index contributed by atoms with van der Waals surface area (Å²) in [5.74, 6) is 1.10. The molecule has 0 amide bonds. The first-order valence-electron chi connectivity index (χ1n) is 13.0. The van der Waals surface area contributed by atoms with E-state index in [0.29, 0.717) is 11.8 Å². The molecule has 1 N–H and O–H groups in total. The maximum atomic E-state index is 11.9. The highest BCUT2D eigenvalue weighted by molar-refractivity contribution is 5.71. The van der Waals surface area contributed by atoms with Gasteiger partial charge in [-0.1, -0.05) is 13.8 Å². The molecule has 0 aliphatic heterocycles. The van der Waals surface area contributed by atoms with Crippen molar-refractivity contribution in [3.63, 3.8) is 0 Å². The molecule has 1 atom stereocenters. The number of hydrogen-bond donors (Lipinski definition) is 1. The van der Waals surface area contributed by atoms with E-state index < -0.39 is 11.9 Å². The molecule has 0 saturated heterocycles. The Kier molecular flexibility index (Phi) is 10.2. The lowest BCUT2D eigenvalue weighted by Gasteiger charge is -2.46. The third-order valence-corrected chi connectivity index (χ3v) is 7.27. The summed E-state index contributed by atoms with van der Waals surface area (Å²) in [5, 5.41) is 10.0. The van der Waals surface area contributed by atoms with E-state index in [1.807, 2.05) is 41.5 Å². The van der Waals surface area contributed by atoms with E-state index >= 15 is 0 Å². The van der Waals surface area contributed by atoms with Crippen molar-refractivity contribution in [2.75, 3.05) is 13.2 Å². The quantitative estimate of drug-likeness (QED) is 0.347. The molecule has 2 aliphatic carbocycles. The molecule has 2 rings (SSSR count). The summed E-state index contributed by atoms with van der Waals surface area (Å²) in [6.07, 6.45) is 8.27. The van der Waals surface area contributed by atoms with Crippen LogP contribution in [0.25, 0.3) is 0 Å². The molecule has 0 aromatic carbocycles. The summed E-state index contributed by atoms with van der Waals surface area (Å²) in [4.78, 5) is 11.9. The van der Waals surface area contributed by atoms with Gasteiger partial charge in [-0.15, -0.1) is 0 Å². The lowest BCUT2D eigenvalue weighted by Crippen LogP contribution is -2.40. The molecule has 0 radical (unpaired) electrons. The first-order valence-corrected chi connectivity index (χ1v) is 13.0. The summed E-state index contributed by atoms with van der Waals surface area (Å²) in [6, 6.07) is 0. The molecule has 33 heavy (non-hydrogen) atoms. The Bertz CT molecular complexity index is 587. The fourth-order valence-corrected chi connectivity index (χ4v) is 5.50. The highest BCUT2D eigenvalue weighted by Gasteiger charge is 2.41. The Morgan fingerprint density at radius 2 is 1.21 bits per heavy atom. The Morgan fingerprint density at radius 1 is 0.758 bits per heavy atom. The predicted molar refractivity (Wildman–Crippen MR) is 130 cm³/mol. The minimum Gasteiger partial charge on any atom is -0.458 e. The van der Waals surface area contributed by atoms with Crippen LogP contribution in [0, 0.1) is 17.3 Å². The minimum absolute atomic E-state index is 0.0511. The third kappa shape index (κ3) is 10.2.